The Hall–Kier alpha value is -0.480. The van der Waals surface area contributed by atoms with Crippen LogP contribution in [0.2, 0.25) is 0 Å². The maximum absolute atomic E-state index is 11.4. The molecule has 2 N–H and O–H groups in total. The monoisotopic (exact) mass is 281 g/mol. The van der Waals surface area contributed by atoms with Gasteiger partial charge in [-0.15, -0.1) is 0 Å². The standard InChI is InChI=1S/C10H10Cl3NO2/c11-10(12,13)8(15)6-9(16)14-7-4-2-1-3-5-7/h1-5,8,15H,6H2,(H,14,16). The molecule has 3 nitrogen and oxygen atoms in total. The highest BCUT2D eigenvalue weighted by molar-refractivity contribution is 6.68. The highest BCUT2D eigenvalue weighted by Gasteiger charge is 2.32. The summed E-state index contributed by atoms with van der Waals surface area (Å²) >= 11 is 16.3. The number of alkyl halides is 3. The Morgan fingerprint density at radius 1 is 1.31 bits per heavy atom. The fourth-order valence-corrected chi connectivity index (χ4v) is 1.26. The van der Waals surface area contributed by atoms with E-state index in [1.165, 1.54) is 0 Å². The van der Waals surface area contributed by atoms with Crippen molar-refractivity contribution >= 4 is 46.4 Å². The van der Waals surface area contributed by atoms with E-state index < -0.39 is 15.8 Å². The Balaban J connectivity index is 2.49. The molecule has 0 saturated carbocycles. The van der Waals surface area contributed by atoms with E-state index >= 15 is 0 Å². The molecule has 1 amide bonds. The lowest BCUT2D eigenvalue weighted by Gasteiger charge is -2.18. The Kier molecular flexibility index (Phi) is 4.87. The number of nitrogens with one attached hydrogen (secondary N) is 1. The molecule has 0 aliphatic rings. The zero-order valence-electron chi connectivity index (χ0n) is 8.16. The topological polar surface area (TPSA) is 49.3 Å². The van der Waals surface area contributed by atoms with Gasteiger partial charge in [-0.3, -0.25) is 4.79 Å². The zero-order chi connectivity index (χ0) is 12.2. The zero-order valence-corrected chi connectivity index (χ0v) is 10.4. The van der Waals surface area contributed by atoms with Gasteiger partial charge in [-0.2, -0.15) is 0 Å². The van der Waals surface area contributed by atoms with E-state index in [0.717, 1.165) is 0 Å². The number of benzene rings is 1. The maximum Gasteiger partial charge on any atom is 0.227 e. The van der Waals surface area contributed by atoms with Crippen molar-refractivity contribution in [2.24, 2.45) is 0 Å². The highest BCUT2D eigenvalue weighted by atomic mass is 35.6. The first-order valence-corrected chi connectivity index (χ1v) is 5.62. The van der Waals surface area contributed by atoms with E-state index in [4.69, 9.17) is 34.8 Å². The molecule has 0 radical (unpaired) electrons. The lowest BCUT2D eigenvalue weighted by atomic mass is 10.2. The highest BCUT2D eigenvalue weighted by Crippen LogP contribution is 2.31. The Labute approximate surface area is 108 Å². The second kappa shape index (κ2) is 5.73. The van der Waals surface area contributed by atoms with Crippen LogP contribution < -0.4 is 5.32 Å². The molecule has 1 rings (SSSR count). The molecule has 1 unspecified atom stereocenters. The summed E-state index contributed by atoms with van der Waals surface area (Å²) in [5, 5.41) is 11.9. The number of hydrogen-bond donors (Lipinski definition) is 2. The molecule has 0 aromatic heterocycles. The number of para-hydroxylation sites is 1. The van der Waals surface area contributed by atoms with Gasteiger partial charge in [-0.05, 0) is 12.1 Å². The minimum absolute atomic E-state index is 0.272. The predicted octanol–water partition coefficient (Wildman–Crippen LogP) is 2.75. The summed E-state index contributed by atoms with van der Waals surface area (Å²) in [6.45, 7) is 0. The third-order valence-electron chi connectivity index (χ3n) is 1.81. The van der Waals surface area contributed by atoms with Crippen LogP contribution >= 0.6 is 34.8 Å². The number of anilines is 1. The average molecular weight is 283 g/mol. The SMILES string of the molecule is O=C(CC(O)C(Cl)(Cl)Cl)Nc1ccccc1. The average Bonchev–Trinajstić information content (AvgIpc) is 2.17. The van der Waals surface area contributed by atoms with E-state index in [2.05, 4.69) is 5.32 Å². The van der Waals surface area contributed by atoms with Crippen molar-refractivity contribution in [2.75, 3.05) is 5.32 Å². The van der Waals surface area contributed by atoms with Crippen LogP contribution in [0.4, 0.5) is 5.69 Å². The van der Waals surface area contributed by atoms with Crippen LogP contribution in [0.15, 0.2) is 30.3 Å². The molecule has 1 aromatic rings. The lowest BCUT2D eigenvalue weighted by Crippen LogP contribution is -2.30. The normalized spacial score (nSPS) is 13.2. The van der Waals surface area contributed by atoms with Crippen LogP contribution in [0.3, 0.4) is 0 Å². The van der Waals surface area contributed by atoms with E-state index in [1.54, 1.807) is 24.3 Å². The van der Waals surface area contributed by atoms with Crippen molar-refractivity contribution in [1.29, 1.82) is 0 Å². The number of halogens is 3. The number of carbonyl (C=O) groups excluding carboxylic acids is 1. The molecule has 0 fully saturated rings. The first-order valence-electron chi connectivity index (χ1n) is 4.49. The number of carbonyl (C=O) groups is 1. The summed E-state index contributed by atoms with van der Waals surface area (Å²) in [5.41, 5.74) is 0.629. The van der Waals surface area contributed by atoms with E-state index in [0.29, 0.717) is 5.69 Å². The van der Waals surface area contributed by atoms with Crippen molar-refractivity contribution in [1.82, 2.24) is 0 Å². The molecule has 1 atom stereocenters. The van der Waals surface area contributed by atoms with Gasteiger partial charge in [0, 0.05) is 5.69 Å². The lowest BCUT2D eigenvalue weighted by molar-refractivity contribution is -0.117. The van der Waals surface area contributed by atoms with Gasteiger partial charge in [-0.25, -0.2) is 0 Å². The molecule has 1 aromatic carbocycles. The third-order valence-corrected chi connectivity index (χ3v) is 2.57. The number of amides is 1. The number of aliphatic hydroxyl groups excluding tert-OH is 1. The molecular weight excluding hydrogens is 272 g/mol. The fraction of sp³-hybridized carbons (Fsp3) is 0.300. The first-order chi connectivity index (χ1) is 7.39. The minimum Gasteiger partial charge on any atom is -0.388 e. The van der Waals surface area contributed by atoms with Gasteiger partial charge in [0.25, 0.3) is 0 Å². The number of hydrogen-bond acceptors (Lipinski definition) is 2. The molecule has 0 bridgehead atoms. The van der Waals surface area contributed by atoms with Crippen LogP contribution in [0.5, 0.6) is 0 Å². The van der Waals surface area contributed by atoms with Gasteiger partial charge >= 0.3 is 0 Å². The molecule has 88 valence electrons. The van der Waals surface area contributed by atoms with Crippen LogP contribution in [0, 0.1) is 0 Å². The number of rotatable bonds is 3. The van der Waals surface area contributed by atoms with E-state index in [1.807, 2.05) is 6.07 Å². The molecule has 0 spiro atoms. The molecule has 0 heterocycles. The van der Waals surface area contributed by atoms with E-state index in [-0.39, 0.29) is 6.42 Å². The van der Waals surface area contributed by atoms with Gasteiger partial charge in [0.05, 0.1) is 6.42 Å². The largest absolute Gasteiger partial charge is 0.388 e. The smallest absolute Gasteiger partial charge is 0.227 e. The van der Waals surface area contributed by atoms with Gasteiger partial charge < -0.3 is 10.4 Å². The molecule has 0 saturated heterocycles. The summed E-state index contributed by atoms with van der Waals surface area (Å²) in [5.74, 6) is -0.412. The molecule has 6 heteroatoms. The Morgan fingerprint density at radius 2 is 1.88 bits per heavy atom. The van der Waals surface area contributed by atoms with Gasteiger partial charge in [0.15, 0.2) is 0 Å². The quantitative estimate of drug-likeness (QED) is 0.838. The summed E-state index contributed by atoms with van der Waals surface area (Å²) in [6.07, 6.45) is -1.60. The van der Waals surface area contributed by atoms with Gasteiger partial charge in [0.2, 0.25) is 9.70 Å². The number of aliphatic hydroxyl groups is 1. The second-order valence-electron chi connectivity index (χ2n) is 3.18. The minimum atomic E-state index is -1.85. The van der Waals surface area contributed by atoms with Crippen LogP contribution in [-0.4, -0.2) is 20.9 Å². The molecular formula is C10H10Cl3NO2. The summed E-state index contributed by atoms with van der Waals surface area (Å²) in [7, 11) is 0. The third kappa shape index (κ3) is 4.58. The second-order valence-corrected chi connectivity index (χ2v) is 5.54. The van der Waals surface area contributed by atoms with Crippen LogP contribution in [-0.2, 0) is 4.79 Å². The summed E-state index contributed by atoms with van der Waals surface area (Å²) in [4.78, 5) is 11.4. The van der Waals surface area contributed by atoms with Crippen molar-refractivity contribution in [2.45, 2.75) is 16.3 Å². The Bertz CT molecular complexity index is 351. The first kappa shape index (κ1) is 13.6. The van der Waals surface area contributed by atoms with Crippen LogP contribution in [0.25, 0.3) is 0 Å². The predicted molar refractivity (Wildman–Crippen MR) is 66.0 cm³/mol. The molecule has 16 heavy (non-hydrogen) atoms. The summed E-state index contributed by atoms with van der Waals surface area (Å²) in [6, 6.07) is 8.83. The van der Waals surface area contributed by atoms with Crippen LogP contribution in [0.1, 0.15) is 6.42 Å². The Morgan fingerprint density at radius 3 is 2.38 bits per heavy atom. The fourth-order valence-electron chi connectivity index (χ4n) is 1.02. The molecule has 0 aliphatic carbocycles. The van der Waals surface area contributed by atoms with Gasteiger partial charge in [-0.1, -0.05) is 53.0 Å². The van der Waals surface area contributed by atoms with Crippen molar-refractivity contribution in [3.63, 3.8) is 0 Å². The van der Waals surface area contributed by atoms with Gasteiger partial charge in [0.1, 0.15) is 6.10 Å². The van der Waals surface area contributed by atoms with Crippen molar-refractivity contribution in [3.05, 3.63) is 30.3 Å². The van der Waals surface area contributed by atoms with E-state index in [9.17, 15) is 9.90 Å². The summed E-state index contributed by atoms with van der Waals surface area (Å²) < 4.78 is -1.85. The molecule has 0 aliphatic heterocycles. The van der Waals surface area contributed by atoms with Crippen molar-refractivity contribution < 1.29 is 9.90 Å². The van der Waals surface area contributed by atoms with Crippen molar-refractivity contribution in [3.8, 4) is 0 Å². The maximum atomic E-state index is 11.4.